The fraction of sp³-hybridized carbons (Fsp3) is 0.0500. The van der Waals surface area contributed by atoms with Crippen molar-refractivity contribution in [1.29, 1.82) is 0 Å². The minimum Gasteiger partial charge on any atom is -0.310 e. The van der Waals surface area contributed by atoms with Gasteiger partial charge in [-0.05, 0) is 89.5 Å². The zero-order chi connectivity index (χ0) is 27.9. The summed E-state index contributed by atoms with van der Waals surface area (Å²) in [5.74, 6) is 0. The summed E-state index contributed by atoms with van der Waals surface area (Å²) in [5, 5.41) is 2.67. The Morgan fingerprint density at radius 2 is 0.881 bits per heavy atom. The van der Waals surface area contributed by atoms with Crippen LogP contribution in [0.4, 0.5) is 28.4 Å². The predicted molar refractivity (Wildman–Crippen MR) is 177 cm³/mol. The minimum absolute atomic E-state index is 0.902. The van der Waals surface area contributed by atoms with E-state index in [0.717, 1.165) is 24.2 Å². The van der Waals surface area contributed by atoms with Crippen molar-refractivity contribution in [2.24, 2.45) is 0 Å². The van der Waals surface area contributed by atoms with E-state index in [-0.39, 0.29) is 0 Å². The SMILES string of the molecule is C1=C2C(N(c3ccccc3)c3ccccc3)=CCc3ccc4c(N(c5ccccc5)c5ccccc5)ccc(c4c32)C1. The second-order valence-electron chi connectivity index (χ2n) is 10.9. The van der Waals surface area contributed by atoms with E-state index >= 15 is 0 Å². The fourth-order valence-electron chi connectivity index (χ4n) is 6.63. The highest BCUT2D eigenvalue weighted by Crippen LogP contribution is 2.48. The van der Waals surface area contributed by atoms with Crippen molar-refractivity contribution in [2.45, 2.75) is 12.8 Å². The highest BCUT2D eigenvalue weighted by atomic mass is 15.2. The zero-order valence-corrected chi connectivity index (χ0v) is 23.3. The number of hydrogen-bond acceptors (Lipinski definition) is 2. The lowest BCUT2D eigenvalue weighted by molar-refractivity contribution is 1.11. The van der Waals surface area contributed by atoms with Crippen LogP contribution in [0.5, 0.6) is 0 Å². The lowest BCUT2D eigenvalue weighted by Gasteiger charge is -2.35. The van der Waals surface area contributed by atoms with Gasteiger partial charge in [0.05, 0.1) is 11.4 Å². The predicted octanol–water partition coefficient (Wildman–Crippen LogP) is 10.5. The van der Waals surface area contributed by atoms with Gasteiger partial charge < -0.3 is 9.80 Å². The van der Waals surface area contributed by atoms with Crippen molar-refractivity contribution in [3.05, 3.63) is 180 Å². The lowest BCUT2D eigenvalue weighted by Crippen LogP contribution is -2.22. The summed E-state index contributed by atoms with van der Waals surface area (Å²) in [5.41, 5.74) is 12.6. The standard InChI is InChI=1S/C40H30N2/c1-5-13-31(14-6-1)41(32-15-7-2-8-16-32)37-27-23-29-22-26-36-38(28-24-30-21-25-35(37)39(29)40(30)36)42(33-17-9-3-10-18-33)34-19-11-4-12-20-34/h1-21,23,25-28H,22,24H2. The monoisotopic (exact) mass is 538 g/mol. The van der Waals surface area contributed by atoms with Crippen LogP contribution in [0, 0.1) is 0 Å². The highest BCUT2D eigenvalue weighted by Gasteiger charge is 2.29. The van der Waals surface area contributed by atoms with E-state index in [1.807, 2.05) is 0 Å². The van der Waals surface area contributed by atoms with Gasteiger partial charge in [0.15, 0.2) is 0 Å². The third-order valence-electron chi connectivity index (χ3n) is 8.46. The summed E-state index contributed by atoms with van der Waals surface area (Å²) in [6, 6.07) is 52.3. The van der Waals surface area contributed by atoms with Gasteiger partial charge >= 0.3 is 0 Å². The Balaban J connectivity index is 1.33. The maximum Gasteiger partial charge on any atom is 0.0540 e. The van der Waals surface area contributed by atoms with Crippen molar-refractivity contribution in [1.82, 2.24) is 0 Å². The average Bonchev–Trinajstić information content (AvgIpc) is 3.07. The molecule has 0 unspecified atom stereocenters. The summed E-state index contributed by atoms with van der Waals surface area (Å²) < 4.78 is 0. The first-order valence-corrected chi connectivity index (χ1v) is 14.7. The molecule has 0 saturated heterocycles. The zero-order valence-electron chi connectivity index (χ0n) is 23.3. The second-order valence-corrected chi connectivity index (χ2v) is 10.9. The van der Waals surface area contributed by atoms with Crippen LogP contribution in [-0.2, 0) is 12.8 Å². The third kappa shape index (κ3) is 4.03. The molecule has 0 fully saturated rings. The highest BCUT2D eigenvalue weighted by molar-refractivity contribution is 6.10. The second kappa shape index (κ2) is 10.2. The summed E-state index contributed by atoms with van der Waals surface area (Å²) in [6.45, 7) is 0. The van der Waals surface area contributed by atoms with Gasteiger partial charge in [0.25, 0.3) is 0 Å². The Bertz CT molecular complexity index is 1880. The van der Waals surface area contributed by atoms with Crippen LogP contribution in [0.2, 0.25) is 0 Å². The molecule has 0 saturated carbocycles. The molecule has 6 aromatic carbocycles. The molecule has 2 aliphatic carbocycles. The van der Waals surface area contributed by atoms with Gasteiger partial charge in [0, 0.05) is 33.7 Å². The molecule has 0 bridgehead atoms. The molecular weight excluding hydrogens is 508 g/mol. The molecule has 2 heteroatoms. The molecule has 0 aliphatic heterocycles. The number of hydrogen-bond donors (Lipinski definition) is 0. The molecule has 0 N–H and O–H groups in total. The quantitative estimate of drug-likeness (QED) is 0.208. The maximum atomic E-state index is 2.44. The molecule has 42 heavy (non-hydrogen) atoms. The van der Waals surface area contributed by atoms with Crippen LogP contribution in [-0.4, -0.2) is 0 Å². The molecule has 8 rings (SSSR count). The smallest absolute Gasteiger partial charge is 0.0540 e. The Morgan fingerprint density at radius 1 is 0.405 bits per heavy atom. The number of para-hydroxylation sites is 4. The first-order valence-electron chi connectivity index (χ1n) is 14.7. The van der Waals surface area contributed by atoms with E-state index in [1.54, 1.807) is 0 Å². The van der Waals surface area contributed by atoms with Crippen LogP contribution < -0.4 is 9.80 Å². The molecule has 2 aliphatic rings. The van der Waals surface area contributed by atoms with E-state index in [9.17, 15) is 0 Å². The van der Waals surface area contributed by atoms with Gasteiger partial charge in [-0.1, -0.05) is 103 Å². The fourth-order valence-corrected chi connectivity index (χ4v) is 6.63. The van der Waals surface area contributed by atoms with Crippen LogP contribution in [0.1, 0.15) is 16.7 Å². The van der Waals surface area contributed by atoms with Crippen molar-refractivity contribution >= 4 is 44.8 Å². The van der Waals surface area contributed by atoms with Crippen molar-refractivity contribution in [3.63, 3.8) is 0 Å². The van der Waals surface area contributed by atoms with E-state index < -0.39 is 0 Å². The van der Waals surface area contributed by atoms with Gasteiger partial charge in [-0.25, -0.2) is 0 Å². The molecule has 0 aromatic heterocycles. The number of anilines is 5. The Morgan fingerprint density at radius 3 is 1.43 bits per heavy atom. The molecule has 200 valence electrons. The van der Waals surface area contributed by atoms with Crippen LogP contribution in [0.3, 0.4) is 0 Å². The molecular formula is C40H30N2. The van der Waals surface area contributed by atoms with Crippen LogP contribution in [0.15, 0.2) is 163 Å². The van der Waals surface area contributed by atoms with Crippen molar-refractivity contribution < 1.29 is 0 Å². The van der Waals surface area contributed by atoms with Gasteiger partial charge in [0.2, 0.25) is 0 Å². The number of rotatable bonds is 6. The van der Waals surface area contributed by atoms with Crippen molar-refractivity contribution in [3.8, 4) is 0 Å². The lowest BCUT2D eigenvalue weighted by atomic mass is 9.79. The number of benzene rings is 6. The molecule has 2 nitrogen and oxygen atoms in total. The first-order chi connectivity index (χ1) is 20.9. The summed E-state index contributed by atoms with van der Waals surface area (Å²) in [7, 11) is 0. The van der Waals surface area contributed by atoms with Gasteiger partial charge in [0.1, 0.15) is 0 Å². The Kier molecular flexibility index (Phi) is 5.97. The third-order valence-corrected chi connectivity index (χ3v) is 8.46. The normalized spacial score (nSPS) is 13.3. The van der Waals surface area contributed by atoms with E-state index in [2.05, 4.69) is 168 Å². The largest absolute Gasteiger partial charge is 0.310 e. The Labute approximate surface area is 247 Å². The van der Waals surface area contributed by atoms with E-state index in [1.165, 1.54) is 55.8 Å². The van der Waals surface area contributed by atoms with Gasteiger partial charge in [-0.15, -0.1) is 0 Å². The van der Waals surface area contributed by atoms with Crippen LogP contribution in [0.25, 0.3) is 16.3 Å². The summed E-state index contributed by atoms with van der Waals surface area (Å²) in [4.78, 5) is 4.81. The summed E-state index contributed by atoms with van der Waals surface area (Å²) in [6.07, 6.45) is 6.66. The molecule has 0 heterocycles. The minimum atomic E-state index is 0.902. The average molecular weight is 539 g/mol. The van der Waals surface area contributed by atoms with E-state index in [4.69, 9.17) is 0 Å². The summed E-state index contributed by atoms with van der Waals surface area (Å²) >= 11 is 0. The first kappa shape index (κ1) is 24.5. The molecule has 0 radical (unpaired) electrons. The maximum absolute atomic E-state index is 2.44. The van der Waals surface area contributed by atoms with Gasteiger partial charge in [-0.3, -0.25) is 0 Å². The van der Waals surface area contributed by atoms with Gasteiger partial charge in [-0.2, -0.15) is 0 Å². The van der Waals surface area contributed by atoms with Crippen molar-refractivity contribution in [2.75, 3.05) is 9.80 Å². The number of nitrogens with zero attached hydrogens (tertiary/aromatic N) is 2. The molecule has 0 atom stereocenters. The topological polar surface area (TPSA) is 6.48 Å². The van der Waals surface area contributed by atoms with E-state index in [0.29, 0.717) is 0 Å². The molecule has 6 aromatic rings. The number of allylic oxidation sites excluding steroid dienone is 3. The molecule has 0 amide bonds. The van der Waals surface area contributed by atoms with Crippen LogP contribution >= 0.6 is 0 Å². The molecule has 0 spiro atoms. The Hall–Kier alpha value is -5.34.